The van der Waals surface area contributed by atoms with E-state index in [1.165, 1.54) is 0 Å². The summed E-state index contributed by atoms with van der Waals surface area (Å²) in [7, 11) is -3.76. The van der Waals surface area contributed by atoms with Crippen molar-refractivity contribution in [3.63, 3.8) is 0 Å². The molecule has 0 saturated carbocycles. The second-order valence-corrected chi connectivity index (χ2v) is 6.99. The van der Waals surface area contributed by atoms with E-state index in [0.29, 0.717) is 19.0 Å². The lowest BCUT2D eigenvalue weighted by atomic mass is 10.2. The van der Waals surface area contributed by atoms with Crippen LogP contribution in [0.25, 0.3) is 0 Å². The fraction of sp³-hybridized carbons (Fsp3) is 0.500. The Labute approximate surface area is 140 Å². The summed E-state index contributed by atoms with van der Waals surface area (Å²) in [6.07, 6.45) is 2.84. The maximum absolute atomic E-state index is 12.1. The molecule has 0 spiro atoms. The normalized spacial score (nSPS) is 18.0. The number of nitrogens with one attached hydrogen (secondary N) is 2. The summed E-state index contributed by atoms with van der Waals surface area (Å²) >= 11 is 5.83. The Morgan fingerprint density at radius 3 is 2.73 bits per heavy atom. The fourth-order valence-corrected chi connectivity index (χ4v) is 3.85. The molecule has 1 atom stereocenters. The van der Waals surface area contributed by atoms with Crippen molar-refractivity contribution in [1.82, 2.24) is 10.0 Å². The second kappa shape index (κ2) is 8.07. The first-order chi connectivity index (χ1) is 9.90. The molecule has 0 bridgehead atoms. The molecule has 1 fully saturated rings. The molecule has 22 heavy (non-hydrogen) atoms. The molecule has 0 unspecified atom stereocenters. The quantitative estimate of drug-likeness (QED) is 0.590. The van der Waals surface area contributed by atoms with Gasteiger partial charge in [-0.2, -0.15) is 0 Å². The van der Waals surface area contributed by atoms with Gasteiger partial charge in [0.25, 0.3) is 5.69 Å². The van der Waals surface area contributed by atoms with Gasteiger partial charge in [-0.1, -0.05) is 11.6 Å². The Bertz CT molecular complexity index is 633. The highest BCUT2D eigenvalue weighted by Gasteiger charge is 2.21. The van der Waals surface area contributed by atoms with Crippen molar-refractivity contribution in [2.45, 2.75) is 30.2 Å². The van der Waals surface area contributed by atoms with E-state index in [4.69, 9.17) is 11.6 Å². The molecule has 1 aromatic rings. The molecule has 1 aliphatic rings. The van der Waals surface area contributed by atoms with Gasteiger partial charge in [0.15, 0.2) is 0 Å². The van der Waals surface area contributed by atoms with E-state index in [0.717, 1.165) is 37.6 Å². The number of nitrogens with zero attached hydrogens (tertiary/aromatic N) is 1. The van der Waals surface area contributed by atoms with Crippen LogP contribution in [0.2, 0.25) is 5.02 Å². The van der Waals surface area contributed by atoms with E-state index < -0.39 is 14.9 Å². The van der Waals surface area contributed by atoms with Gasteiger partial charge in [-0.15, -0.1) is 12.4 Å². The fourth-order valence-electron chi connectivity index (χ4n) is 2.27. The molecule has 124 valence electrons. The highest BCUT2D eigenvalue weighted by molar-refractivity contribution is 7.89. The predicted octanol–water partition coefficient (Wildman–Crippen LogP) is 2.09. The van der Waals surface area contributed by atoms with Crippen LogP contribution in [0.15, 0.2) is 23.1 Å². The molecular formula is C12H17Cl2N3O4S. The van der Waals surface area contributed by atoms with Crippen LogP contribution in [0.4, 0.5) is 5.69 Å². The minimum atomic E-state index is -3.76. The van der Waals surface area contributed by atoms with Crippen LogP contribution in [0.3, 0.4) is 0 Å². The van der Waals surface area contributed by atoms with E-state index in [-0.39, 0.29) is 28.0 Å². The highest BCUT2D eigenvalue weighted by Crippen LogP contribution is 2.26. The maximum Gasteiger partial charge on any atom is 0.271 e. The number of benzene rings is 1. The zero-order valence-electron chi connectivity index (χ0n) is 11.6. The van der Waals surface area contributed by atoms with Gasteiger partial charge in [-0.3, -0.25) is 10.1 Å². The molecule has 7 nitrogen and oxygen atoms in total. The van der Waals surface area contributed by atoms with Crippen molar-refractivity contribution in [1.29, 1.82) is 0 Å². The Hall–Kier alpha value is -0.930. The van der Waals surface area contributed by atoms with Crippen LogP contribution >= 0.6 is 24.0 Å². The number of nitro benzene ring substituents is 1. The third-order valence-corrected chi connectivity index (χ3v) is 5.31. The lowest BCUT2D eigenvalue weighted by Crippen LogP contribution is -2.30. The number of sulfonamides is 1. The SMILES string of the molecule is Cl.O=[N+]([O-])c1ccc(S(=O)(=O)NCC[C@H]2CCCN2)c(Cl)c1. The number of halogens is 2. The second-order valence-electron chi connectivity index (χ2n) is 4.85. The van der Waals surface area contributed by atoms with E-state index >= 15 is 0 Å². The highest BCUT2D eigenvalue weighted by atomic mass is 35.5. The Balaban J connectivity index is 0.00000242. The molecule has 10 heteroatoms. The van der Waals surface area contributed by atoms with Crippen molar-refractivity contribution < 1.29 is 13.3 Å². The Morgan fingerprint density at radius 1 is 1.45 bits per heavy atom. The van der Waals surface area contributed by atoms with Crippen molar-refractivity contribution in [2.24, 2.45) is 0 Å². The first-order valence-corrected chi connectivity index (χ1v) is 8.43. The summed E-state index contributed by atoms with van der Waals surface area (Å²) < 4.78 is 26.7. The van der Waals surface area contributed by atoms with Crippen molar-refractivity contribution >= 4 is 39.7 Å². The first-order valence-electron chi connectivity index (χ1n) is 6.57. The summed E-state index contributed by atoms with van der Waals surface area (Å²) in [5, 5.41) is 13.7. The molecule has 0 aliphatic carbocycles. The molecule has 2 N–H and O–H groups in total. The minimum absolute atomic E-state index is 0. The van der Waals surface area contributed by atoms with Gasteiger partial charge in [0.2, 0.25) is 10.0 Å². The van der Waals surface area contributed by atoms with Crippen molar-refractivity contribution in [3.05, 3.63) is 33.3 Å². The number of rotatable bonds is 6. The van der Waals surface area contributed by atoms with E-state index in [1.54, 1.807) is 0 Å². The molecule has 1 aromatic carbocycles. The minimum Gasteiger partial charge on any atom is -0.314 e. The average molecular weight is 370 g/mol. The molecule has 0 amide bonds. The van der Waals surface area contributed by atoms with Crippen LogP contribution < -0.4 is 10.0 Å². The average Bonchev–Trinajstić information content (AvgIpc) is 2.91. The number of nitro groups is 1. The summed E-state index contributed by atoms with van der Waals surface area (Å²) in [6.45, 7) is 1.26. The summed E-state index contributed by atoms with van der Waals surface area (Å²) in [5.74, 6) is 0. The van der Waals surface area contributed by atoms with Crippen LogP contribution in [-0.4, -0.2) is 32.5 Å². The topological polar surface area (TPSA) is 101 Å². The maximum atomic E-state index is 12.1. The zero-order chi connectivity index (χ0) is 15.5. The third-order valence-electron chi connectivity index (χ3n) is 3.36. The van der Waals surface area contributed by atoms with Crippen LogP contribution in [0.5, 0.6) is 0 Å². The largest absolute Gasteiger partial charge is 0.314 e. The van der Waals surface area contributed by atoms with Gasteiger partial charge in [0.1, 0.15) is 4.90 Å². The lowest BCUT2D eigenvalue weighted by Gasteiger charge is -2.11. The smallest absolute Gasteiger partial charge is 0.271 e. The van der Waals surface area contributed by atoms with E-state index in [1.807, 2.05) is 0 Å². The number of hydrogen-bond donors (Lipinski definition) is 2. The van der Waals surface area contributed by atoms with E-state index in [2.05, 4.69) is 10.0 Å². The van der Waals surface area contributed by atoms with Gasteiger partial charge in [-0.05, 0) is 31.9 Å². The van der Waals surface area contributed by atoms with Crippen LogP contribution in [0.1, 0.15) is 19.3 Å². The molecule has 2 rings (SSSR count). The molecule has 0 aromatic heterocycles. The zero-order valence-corrected chi connectivity index (χ0v) is 14.0. The van der Waals surface area contributed by atoms with Gasteiger partial charge < -0.3 is 5.32 Å². The van der Waals surface area contributed by atoms with Crippen LogP contribution in [0, 0.1) is 10.1 Å². The Morgan fingerprint density at radius 2 is 2.18 bits per heavy atom. The summed E-state index contributed by atoms with van der Waals surface area (Å²) in [6, 6.07) is 3.64. The third kappa shape index (κ3) is 4.79. The van der Waals surface area contributed by atoms with Gasteiger partial charge in [0, 0.05) is 24.7 Å². The standard InChI is InChI=1S/C12H16ClN3O4S.ClH/c13-11-8-10(16(17)18)3-4-12(11)21(19,20)15-7-5-9-2-1-6-14-9;/h3-4,8-9,14-15H,1-2,5-7H2;1H/t9-;/m1./s1. The molecule has 1 heterocycles. The Kier molecular flexibility index (Phi) is 7.01. The first kappa shape index (κ1) is 19.1. The lowest BCUT2D eigenvalue weighted by molar-refractivity contribution is -0.384. The van der Waals surface area contributed by atoms with Crippen molar-refractivity contribution in [3.8, 4) is 0 Å². The number of non-ortho nitro benzene ring substituents is 1. The van der Waals surface area contributed by atoms with Crippen molar-refractivity contribution in [2.75, 3.05) is 13.1 Å². The molecule has 1 saturated heterocycles. The summed E-state index contributed by atoms with van der Waals surface area (Å²) in [4.78, 5) is 9.84. The monoisotopic (exact) mass is 369 g/mol. The summed E-state index contributed by atoms with van der Waals surface area (Å²) in [5.41, 5.74) is -0.242. The van der Waals surface area contributed by atoms with Gasteiger partial charge in [0.05, 0.1) is 9.95 Å². The van der Waals surface area contributed by atoms with Gasteiger partial charge >= 0.3 is 0 Å². The van der Waals surface area contributed by atoms with Crippen LogP contribution in [-0.2, 0) is 10.0 Å². The molecule has 0 radical (unpaired) electrons. The van der Waals surface area contributed by atoms with Gasteiger partial charge in [-0.25, -0.2) is 13.1 Å². The number of hydrogen-bond acceptors (Lipinski definition) is 5. The van der Waals surface area contributed by atoms with E-state index in [9.17, 15) is 18.5 Å². The molecule has 1 aliphatic heterocycles. The predicted molar refractivity (Wildman–Crippen MR) is 86.2 cm³/mol. The molecular weight excluding hydrogens is 353 g/mol.